The fourth-order valence-corrected chi connectivity index (χ4v) is 1.38. The van der Waals surface area contributed by atoms with Gasteiger partial charge in [0.25, 0.3) is 0 Å². The number of rotatable bonds is 5. The Morgan fingerprint density at radius 3 is 2.53 bits per heavy atom. The van der Waals surface area contributed by atoms with E-state index in [2.05, 4.69) is 6.58 Å². The number of carbonyl (C=O) groups is 1. The van der Waals surface area contributed by atoms with Crippen LogP contribution in [0.1, 0.15) is 12.0 Å². The van der Waals surface area contributed by atoms with E-state index in [0.29, 0.717) is 12.8 Å². The van der Waals surface area contributed by atoms with Crippen LogP contribution in [0.2, 0.25) is 0 Å². The van der Waals surface area contributed by atoms with Crippen molar-refractivity contribution in [2.24, 2.45) is 5.92 Å². The van der Waals surface area contributed by atoms with Crippen LogP contribution in [0.3, 0.4) is 0 Å². The van der Waals surface area contributed by atoms with Gasteiger partial charge in [0.15, 0.2) is 0 Å². The maximum Gasteiger partial charge on any atom is 0.307 e. The van der Waals surface area contributed by atoms with Gasteiger partial charge in [0.1, 0.15) is 5.82 Å². The summed E-state index contributed by atoms with van der Waals surface area (Å²) in [4.78, 5) is 10.8. The first-order chi connectivity index (χ1) is 7.13. The fraction of sp³-hybridized carbons (Fsp3) is 0.250. The number of benzene rings is 1. The number of halogens is 1. The van der Waals surface area contributed by atoms with Gasteiger partial charge >= 0.3 is 5.97 Å². The third kappa shape index (κ3) is 3.54. The van der Waals surface area contributed by atoms with Gasteiger partial charge < -0.3 is 5.11 Å². The van der Waals surface area contributed by atoms with Crippen LogP contribution in [-0.2, 0) is 11.2 Å². The molecule has 0 aliphatic heterocycles. The lowest BCUT2D eigenvalue weighted by Gasteiger charge is -2.09. The van der Waals surface area contributed by atoms with E-state index in [1.165, 1.54) is 12.1 Å². The summed E-state index contributed by atoms with van der Waals surface area (Å²) in [5.74, 6) is -1.64. The monoisotopic (exact) mass is 208 g/mol. The third-order valence-corrected chi connectivity index (χ3v) is 2.20. The summed E-state index contributed by atoms with van der Waals surface area (Å²) in [6.45, 7) is 3.52. The molecule has 0 aromatic heterocycles. The number of carboxylic acid groups (broad SMARTS) is 1. The Kier molecular flexibility index (Phi) is 4.03. The second-order valence-corrected chi connectivity index (χ2v) is 3.39. The molecule has 1 unspecified atom stereocenters. The van der Waals surface area contributed by atoms with E-state index in [0.717, 1.165) is 5.56 Å². The van der Waals surface area contributed by atoms with Gasteiger partial charge in [-0.15, -0.1) is 6.58 Å². The summed E-state index contributed by atoms with van der Waals surface area (Å²) in [6.07, 6.45) is 2.41. The molecule has 0 amide bonds. The number of allylic oxidation sites excluding steroid dienone is 1. The number of carboxylic acids is 1. The molecular formula is C12H13FO2. The first kappa shape index (κ1) is 11.4. The van der Waals surface area contributed by atoms with Crippen molar-refractivity contribution in [3.63, 3.8) is 0 Å². The lowest BCUT2D eigenvalue weighted by atomic mass is 9.96. The summed E-state index contributed by atoms with van der Waals surface area (Å²) in [5, 5.41) is 8.90. The maximum atomic E-state index is 12.6. The van der Waals surface area contributed by atoms with Crippen LogP contribution in [0, 0.1) is 11.7 Å². The van der Waals surface area contributed by atoms with Gasteiger partial charge in [-0.3, -0.25) is 4.79 Å². The topological polar surface area (TPSA) is 37.3 Å². The predicted octanol–water partition coefficient (Wildman–Crippen LogP) is 2.65. The highest BCUT2D eigenvalue weighted by Gasteiger charge is 2.15. The molecule has 1 aromatic carbocycles. The van der Waals surface area contributed by atoms with Gasteiger partial charge in [0, 0.05) is 0 Å². The molecule has 1 aromatic rings. The average molecular weight is 208 g/mol. The van der Waals surface area contributed by atoms with Crippen molar-refractivity contribution in [1.82, 2.24) is 0 Å². The summed E-state index contributed by atoms with van der Waals surface area (Å²) in [5.41, 5.74) is 0.825. The van der Waals surface area contributed by atoms with Gasteiger partial charge in [0.2, 0.25) is 0 Å². The van der Waals surface area contributed by atoms with E-state index in [1.54, 1.807) is 18.2 Å². The Balaban J connectivity index is 2.69. The largest absolute Gasteiger partial charge is 0.481 e. The summed E-state index contributed by atoms with van der Waals surface area (Å²) < 4.78 is 12.6. The van der Waals surface area contributed by atoms with Crippen LogP contribution < -0.4 is 0 Å². The van der Waals surface area contributed by atoms with Gasteiger partial charge in [-0.2, -0.15) is 0 Å². The first-order valence-corrected chi connectivity index (χ1v) is 4.71. The van der Waals surface area contributed by atoms with Crippen LogP contribution in [0.5, 0.6) is 0 Å². The number of hydrogen-bond acceptors (Lipinski definition) is 1. The lowest BCUT2D eigenvalue weighted by molar-refractivity contribution is -0.141. The molecule has 1 atom stereocenters. The van der Waals surface area contributed by atoms with E-state index in [1.807, 2.05) is 0 Å². The molecule has 0 aliphatic rings. The molecule has 0 radical (unpaired) electrons. The smallest absolute Gasteiger partial charge is 0.307 e. The molecule has 0 bridgehead atoms. The van der Waals surface area contributed by atoms with Gasteiger partial charge in [-0.05, 0) is 30.5 Å². The molecule has 3 heteroatoms. The minimum atomic E-state index is -0.848. The molecule has 1 N–H and O–H groups in total. The predicted molar refractivity (Wildman–Crippen MR) is 56.0 cm³/mol. The van der Waals surface area contributed by atoms with Crippen LogP contribution >= 0.6 is 0 Å². The van der Waals surface area contributed by atoms with E-state index < -0.39 is 11.9 Å². The molecule has 0 saturated carbocycles. The SMILES string of the molecule is C=CCC(Cc1ccc(F)cc1)C(=O)O. The van der Waals surface area contributed by atoms with Crippen LogP contribution in [0.4, 0.5) is 4.39 Å². The third-order valence-electron chi connectivity index (χ3n) is 2.20. The van der Waals surface area contributed by atoms with Crippen LogP contribution in [0.25, 0.3) is 0 Å². The van der Waals surface area contributed by atoms with E-state index in [-0.39, 0.29) is 5.82 Å². The molecule has 15 heavy (non-hydrogen) atoms. The van der Waals surface area contributed by atoms with Crippen molar-refractivity contribution in [3.8, 4) is 0 Å². The van der Waals surface area contributed by atoms with Crippen molar-refractivity contribution in [2.45, 2.75) is 12.8 Å². The van der Waals surface area contributed by atoms with Crippen LogP contribution in [-0.4, -0.2) is 11.1 Å². The van der Waals surface area contributed by atoms with Crippen molar-refractivity contribution >= 4 is 5.97 Å². The second kappa shape index (κ2) is 5.29. The summed E-state index contributed by atoms with van der Waals surface area (Å²) >= 11 is 0. The zero-order valence-electron chi connectivity index (χ0n) is 8.32. The van der Waals surface area contributed by atoms with Crippen LogP contribution in [0.15, 0.2) is 36.9 Å². The second-order valence-electron chi connectivity index (χ2n) is 3.39. The summed E-state index contributed by atoms with van der Waals surface area (Å²) in [7, 11) is 0. The molecule has 2 nitrogen and oxygen atoms in total. The molecule has 0 aliphatic carbocycles. The van der Waals surface area contributed by atoms with Gasteiger partial charge in [-0.1, -0.05) is 18.2 Å². The summed E-state index contributed by atoms with van der Waals surface area (Å²) in [6, 6.07) is 5.88. The average Bonchev–Trinajstić information content (AvgIpc) is 2.20. The molecule has 1 rings (SSSR count). The minimum absolute atomic E-state index is 0.311. The molecule has 0 heterocycles. The van der Waals surface area contributed by atoms with Crippen molar-refractivity contribution in [2.75, 3.05) is 0 Å². The van der Waals surface area contributed by atoms with Gasteiger partial charge in [-0.25, -0.2) is 4.39 Å². The van der Waals surface area contributed by atoms with Gasteiger partial charge in [0.05, 0.1) is 5.92 Å². The Bertz CT molecular complexity index is 343. The number of aliphatic carboxylic acids is 1. The Morgan fingerprint density at radius 2 is 2.07 bits per heavy atom. The number of hydrogen-bond donors (Lipinski definition) is 1. The fourth-order valence-electron chi connectivity index (χ4n) is 1.38. The maximum absolute atomic E-state index is 12.6. The normalized spacial score (nSPS) is 12.1. The van der Waals surface area contributed by atoms with E-state index in [9.17, 15) is 9.18 Å². The molecule has 80 valence electrons. The molecular weight excluding hydrogens is 195 g/mol. The molecule has 0 fully saturated rings. The minimum Gasteiger partial charge on any atom is -0.481 e. The zero-order chi connectivity index (χ0) is 11.3. The molecule has 0 saturated heterocycles. The van der Waals surface area contributed by atoms with Crippen molar-refractivity contribution in [1.29, 1.82) is 0 Å². The first-order valence-electron chi connectivity index (χ1n) is 4.71. The Labute approximate surface area is 88.1 Å². The van der Waals surface area contributed by atoms with E-state index >= 15 is 0 Å². The quantitative estimate of drug-likeness (QED) is 0.755. The zero-order valence-corrected chi connectivity index (χ0v) is 8.32. The van der Waals surface area contributed by atoms with E-state index in [4.69, 9.17) is 5.11 Å². The highest BCUT2D eigenvalue weighted by atomic mass is 19.1. The standard InChI is InChI=1S/C12H13FO2/c1-2-3-10(12(14)15)8-9-4-6-11(13)7-5-9/h2,4-7,10H,1,3,8H2,(H,14,15). The highest BCUT2D eigenvalue weighted by Crippen LogP contribution is 2.13. The Hall–Kier alpha value is -1.64. The Morgan fingerprint density at radius 1 is 1.47 bits per heavy atom. The highest BCUT2D eigenvalue weighted by molar-refractivity contribution is 5.70. The van der Waals surface area contributed by atoms with Crippen molar-refractivity contribution < 1.29 is 14.3 Å². The lowest BCUT2D eigenvalue weighted by Crippen LogP contribution is -2.15. The van der Waals surface area contributed by atoms with Crippen molar-refractivity contribution in [3.05, 3.63) is 48.3 Å². The molecule has 0 spiro atoms.